The summed E-state index contributed by atoms with van der Waals surface area (Å²) in [6, 6.07) is 18.6. The number of halogens is 1. The lowest BCUT2D eigenvalue weighted by molar-refractivity contribution is -0.164. The van der Waals surface area contributed by atoms with E-state index in [1.807, 2.05) is 0 Å². The summed E-state index contributed by atoms with van der Waals surface area (Å²) in [6.45, 7) is 11.9. The smallest absolute Gasteiger partial charge is 0.274 e. The zero-order valence-electron chi connectivity index (χ0n) is 39.7. The van der Waals surface area contributed by atoms with Gasteiger partial charge in [-0.1, -0.05) is 45.4 Å². The number of pyridine rings is 1. The SMILES string of the molecule is CCS(=O)(=O)Nc1ccc(Oc2cccc(C(=O)N(C)CCOC3CCN(c4ncc(C(=O)NC5C(C)(C)C(Oc6ccc(N)c(Cl)c6)C5(C)C)cn4)CC3)c2)c(-c2cn(C)c(=O)c3[nH]ccc23)c1. The number of nitrogens with one attached hydrogen (secondary N) is 3. The van der Waals surface area contributed by atoms with Gasteiger partial charge in [0.15, 0.2) is 0 Å². The second kappa shape index (κ2) is 19.4. The number of fused-ring (bicyclic) bond motifs is 1. The summed E-state index contributed by atoms with van der Waals surface area (Å²) < 4.78 is 48.0. The molecule has 8 rings (SSSR count). The average Bonchev–Trinajstić information content (AvgIpc) is 3.83. The van der Waals surface area contributed by atoms with Crippen molar-refractivity contribution in [2.75, 3.05) is 54.4 Å². The number of rotatable bonds is 16. The number of aromatic nitrogens is 4. The Morgan fingerprint density at radius 1 is 0.957 bits per heavy atom. The molecule has 6 aromatic rings. The second-order valence-corrected chi connectivity index (χ2v) is 21.3. The van der Waals surface area contributed by atoms with E-state index in [-0.39, 0.29) is 52.2 Å². The van der Waals surface area contributed by atoms with E-state index in [0.29, 0.717) is 99.0 Å². The van der Waals surface area contributed by atoms with E-state index >= 15 is 0 Å². The summed E-state index contributed by atoms with van der Waals surface area (Å²) >= 11 is 6.23. The number of nitrogens with two attached hydrogens (primary N) is 1. The Morgan fingerprint density at radius 3 is 2.38 bits per heavy atom. The molecule has 5 N–H and O–H groups in total. The zero-order chi connectivity index (χ0) is 49.4. The predicted molar refractivity (Wildman–Crippen MR) is 268 cm³/mol. The molecule has 3 aromatic heterocycles. The molecule has 19 heteroatoms. The second-order valence-electron chi connectivity index (χ2n) is 18.9. The molecule has 0 atom stereocenters. The Hall–Kier alpha value is -6.63. The normalized spacial score (nSPS) is 17.8. The zero-order valence-corrected chi connectivity index (χ0v) is 41.3. The van der Waals surface area contributed by atoms with Gasteiger partial charge in [-0.3, -0.25) is 19.1 Å². The number of piperidine rings is 1. The number of carbonyl (C=O) groups is 2. The van der Waals surface area contributed by atoms with Crippen molar-refractivity contribution in [3.05, 3.63) is 118 Å². The number of aryl methyl sites for hydroxylation is 1. The molecule has 1 saturated heterocycles. The van der Waals surface area contributed by atoms with Gasteiger partial charge >= 0.3 is 0 Å². The van der Waals surface area contributed by atoms with E-state index in [9.17, 15) is 22.8 Å². The first kappa shape index (κ1) is 48.8. The number of hydrogen-bond acceptors (Lipinski definition) is 12. The Bertz CT molecular complexity index is 3040. The largest absolute Gasteiger partial charge is 0.489 e. The quantitative estimate of drug-likeness (QED) is 0.0695. The van der Waals surface area contributed by atoms with Crippen molar-refractivity contribution in [3.8, 4) is 28.4 Å². The highest BCUT2D eigenvalue weighted by atomic mass is 35.5. The van der Waals surface area contributed by atoms with Gasteiger partial charge in [-0.25, -0.2) is 18.4 Å². The highest BCUT2D eigenvalue weighted by Gasteiger charge is 2.64. The summed E-state index contributed by atoms with van der Waals surface area (Å²) in [6.07, 6.45) is 7.75. The summed E-state index contributed by atoms with van der Waals surface area (Å²) in [7, 11) is -0.222. The number of amides is 2. The number of sulfonamides is 1. The van der Waals surface area contributed by atoms with Crippen molar-refractivity contribution in [1.29, 1.82) is 0 Å². The first-order valence-corrected chi connectivity index (χ1v) is 24.8. The molecule has 0 bridgehead atoms. The molecule has 1 aliphatic carbocycles. The third-order valence-electron chi connectivity index (χ3n) is 13.2. The molecule has 0 spiro atoms. The number of nitrogen functional groups attached to an aromatic ring is 1. The Morgan fingerprint density at radius 2 is 1.68 bits per heavy atom. The van der Waals surface area contributed by atoms with Crippen LogP contribution in [0.5, 0.6) is 17.2 Å². The summed E-state index contributed by atoms with van der Waals surface area (Å²) in [5.74, 6) is 1.36. The van der Waals surface area contributed by atoms with Gasteiger partial charge in [0.25, 0.3) is 17.4 Å². The maximum atomic E-state index is 13.7. The lowest BCUT2D eigenvalue weighted by Crippen LogP contribution is -2.74. The van der Waals surface area contributed by atoms with Crippen LogP contribution in [0, 0.1) is 10.8 Å². The van der Waals surface area contributed by atoms with E-state index < -0.39 is 10.0 Å². The van der Waals surface area contributed by atoms with Crippen LogP contribution >= 0.6 is 11.6 Å². The van der Waals surface area contributed by atoms with Gasteiger partial charge in [-0.15, -0.1) is 0 Å². The molecule has 2 amide bonds. The van der Waals surface area contributed by atoms with Crippen molar-refractivity contribution in [2.45, 2.75) is 65.7 Å². The number of benzene rings is 3. The van der Waals surface area contributed by atoms with Crippen LogP contribution in [0.15, 0.2) is 96.3 Å². The fraction of sp³-hybridized carbons (Fsp3) is 0.380. The summed E-state index contributed by atoms with van der Waals surface area (Å²) in [5, 5.41) is 4.27. The number of hydrogen-bond donors (Lipinski definition) is 4. The summed E-state index contributed by atoms with van der Waals surface area (Å²) in [5.41, 5.74) is 8.07. The van der Waals surface area contributed by atoms with Crippen molar-refractivity contribution in [3.63, 3.8) is 0 Å². The lowest BCUT2D eigenvalue weighted by atomic mass is 9.49. The first-order chi connectivity index (χ1) is 32.7. The monoisotopic (exact) mass is 979 g/mol. The lowest BCUT2D eigenvalue weighted by Gasteiger charge is -2.63. The molecule has 17 nitrogen and oxygen atoms in total. The number of likely N-dealkylation sites (N-methyl/N-ethyl adjacent to an activating group) is 1. The van der Waals surface area contributed by atoms with E-state index in [4.69, 9.17) is 31.5 Å². The fourth-order valence-corrected chi connectivity index (χ4v) is 10.5. The molecular weight excluding hydrogens is 922 g/mol. The number of carbonyl (C=O) groups excluding carboxylic acids is 2. The van der Waals surface area contributed by atoms with Crippen molar-refractivity contribution >= 4 is 61.7 Å². The molecule has 0 radical (unpaired) electrons. The molecule has 0 unspecified atom stereocenters. The predicted octanol–water partition coefficient (Wildman–Crippen LogP) is 7.48. The van der Waals surface area contributed by atoms with Gasteiger partial charge in [0.1, 0.15) is 28.9 Å². The Balaban J connectivity index is 0.826. The molecular formula is C50H58ClN9O8S. The van der Waals surface area contributed by atoms with Crippen molar-refractivity contribution in [2.24, 2.45) is 17.9 Å². The molecule has 2 fully saturated rings. The molecule has 1 aliphatic heterocycles. The highest BCUT2D eigenvalue weighted by Crippen LogP contribution is 2.55. The van der Waals surface area contributed by atoms with Crippen LogP contribution in [0.2, 0.25) is 5.02 Å². The van der Waals surface area contributed by atoms with Gasteiger partial charge in [0, 0.05) is 109 Å². The Kier molecular flexibility index (Phi) is 13.7. The number of anilines is 3. The van der Waals surface area contributed by atoms with Gasteiger partial charge in [-0.2, -0.15) is 0 Å². The molecule has 2 aliphatic rings. The molecule has 364 valence electrons. The van der Waals surface area contributed by atoms with Gasteiger partial charge in [0.2, 0.25) is 16.0 Å². The minimum Gasteiger partial charge on any atom is -0.489 e. The number of aromatic amines is 1. The van der Waals surface area contributed by atoms with E-state index in [0.717, 1.165) is 12.8 Å². The van der Waals surface area contributed by atoms with Crippen LogP contribution < -0.4 is 35.7 Å². The third kappa shape index (κ3) is 10.2. The summed E-state index contributed by atoms with van der Waals surface area (Å²) in [4.78, 5) is 55.8. The molecule has 1 saturated carbocycles. The number of nitrogens with zero attached hydrogens (tertiary/aromatic N) is 5. The van der Waals surface area contributed by atoms with E-state index in [1.54, 1.807) is 117 Å². The maximum absolute atomic E-state index is 13.7. The van der Waals surface area contributed by atoms with Gasteiger partial charge in [0.05, 0.1) is 34.7 Å². The van der Waals surface area contributed by atoms with E-state index in [2.05, 4.69) is 57.6 Å². The van der Waals surface area contributed by atoms with Crippen LogP contribution in [0.25, 0.3) is 22.0 Å². The van der Waals surface area contributed by atoms with Crippen LogP contribution in [0.3, 0.4) is 0 Å². The van der Waals surface area contributed by atoms with Crippen molar-refractivity contribution < 1.29 is 32.2 Å². The van der Waals surface area contributed by atoms with Crippen LogP contribution in [0.1, 0.15) is 68.2 Å². The topological polar surface area (TPSA) is 216 Å². The highest BCUT2D eigenvalue weighted by molar-refractivity contribution is 7.92. The van der Waals surface area contributed by atoms with Gasteiger partial charge < -0.3 is 44.6 Å². The van der Waals surface area contributed by atoms with E-state index in [1.165, 1.54) is 4.57 Å². The van der Waals surface area contributed by atoms with Crippen molar-refractivity contribution in [1.82, 2.24) is 29.7 Å². The maximum Gasteiger partial charge on any atom is 0.274 e. The number of ether oxygens (including phenoxy) is 3. The van der Waals surface area contributed by atoms with Gasteiger partial charge in [-0.05, 0) is 74.4 Å². The standard InChI is InChI=1S/C50H58ClN9O8S/c1-8-69(64,65)57-32-12-15-41(37(25-32)38-29-59(7)45(63)42-36(38)16-19-53-42)67-34-11-9-10-30(24-34)44(62)58(6)22-23-66-33-17-20-60(21-18-33)48-54-27-31(28-55-48)43(61)56-46-49(2,3)47(50(46,4)5)68-35-13-14-40(52)39(51)26-35/h9-16,19,24-29,33,46-47,53,57H,8,17-18,20-23,52H2,1-7H3,(H,56,61). The minimum absolute atomic E-state index is 0.0112. The first-order valence-electron chi connectivity index (χ1n) is 22.8. The van der Waals surface area contributed by atoms with Crippen LogP contribution in [0.4, 0.5) is 17.3 Å². The Labute approximate surface area is 406 Å². The number of H-pyrrole nitrogens is 1. The van der Waals surface area contributed by atoms with Crippen LogP contribution in [-0.2, 0) is 21.8 Å². The average molecular weight is 981 g/mol. The molecule has 3 aromatic carbocycles. The van der Waals surface area contributed by atoms with Crippen LogP contribution in [-0.4, -0.2) is 102 Å². The minimum atomic E-state index is -3.58. The molecule has 4 heterocycles. The molecule has 69 heavy (non-hydrogen) atoms. The fourth-order valence-electron chi connectivity index (χ4n) is 9.68. The third-order valence-corrected chi connectivity index (χ3v) is 14.9.